The van der Waals surface area contributed by atoms with Gasteiger partial charge in [0.25, 0.3) is 0 Å². The van der Waals surface area contributed by atoms with Crippen molar-refractivity contribution in [2.75, 3.05) is 13.1 Å². The molecule has 0 aromatic rings. The van der Waals surface area contributed by atoms with Gasteiger partial charge in [0, 0.05) is 19.3 Å². The van der Waals surface area contributed by atoms with E-state index >= 15 is 0 Å². The average molecular weight is 195 g/mol. The number of aliphatic imine (C=N–C) groups is 1. The van der Waals surface area contributed by atoms with Gasteiger partial charge in [-0.25, -0.2) is 9.79 Å². The number of amides is 2. The van der Waals surface area contributed by atoms with Crippen LogP contribution in [0.2, 0.25) is 0 Å². The highest BCUT2D eigenvalue weighted by Crippen LogP contribution is 1.98. The van der Waals surface area contributed by atoms with Gasteiger partial charge in [0.1, 0.15) is 5.84 Å². The molecule has 0 aromatic carbocycles. The molecule has 0 atom stereocenters. The zero-order chi connectivity index (χ0) is 10.4. The third-order valence-corrected chi connectivity index (χ3v) is 1.96. The summed E-state index contributed by atoms with van der Waals surface area (Å²) < 4.78 is 0. The molecular formula is C10H17N3O. The van der Waals surface area contributed by atoms with Gasteiger partial charge >= 0.3 is 6.03 Å². The third-order valence-electron chi connectivity index (χ3n) is 1.96. The lowest BCUT2D eigenvalue weighted by Crippen LogP contribution is -2.43. The highest BCUT2D eigenvalue weighted by atomic mass is 16.2. The molecular weight excluding hydrogens is 178 g/mol. The molecule has 1 heterocycles. The van der Waals surface area contributed by atoms with Crippen molar-refractivity contribution in [1.82, 2.24) is 10.2 Å². The lowest BCUT2D eigenvalue weighted by molar-refractivity contribution is 0.203. The van der Waals surface area contributed by atoms with Gasteiger partial charge in [-0.15, -0.1) is 0 Å². The minimum absolute atomic E-state index is 0.0446. The topological polar surface area (TPSA) is 44.7 Å². The number of rotatable bonds is 4. The standard InChI is InChI=1S/C10H17N3O/c1-3-7-13(8-4-2)10(14)12-9-5-6-11-9/h5-6H,3-4,7-8H2,1-2H3,(H,11,12,14). The minimum atomic E-state index is -0.0446. The fourth-order valence-corrected chi connectivity index (χ4v) is 1.27. The molecule has 0 aromatic heterocycles. The van der Waals surface area contributed by atoms with E-state index in [4.69, 9.17) is 0 Å². The van der Waals surface area contributed by atoms with E-state index in [9.17, 15) is 4.79 Å². The number of nitrogens with one attached hydrogen (secondary N) is 1. The van der Waals surface area contributed by atoms with Crippen molar-refractivity contribution in [2.24, 2.45) is 4.99 Å². The van der Waals surface area contributed by atoms with Crippen molar-refractivity contribution in [3.05, 3.63) is 12.3 Å². The second kappa shape index (κ2) is 5.42. The quantitative estimate of drug-likeness (QED) is 0.729. The molecule has 0 unspecified atom stereocenters. The van der Waals surface area contributed by atoms with Crippen LogP contribution in [0.25, 0.3) is 0 Å². The number of amidine groups is 1. The van der Waals surface area contributed by atoms with Crippen LogP contribution in [0.3, 0.4) is 0 Å². The first-order valence-corrected chi connectivity index (χ1v) is 5.08. The predicted molar refractivity (Wildman–Crippen MR) is 57.3 cm³/mol. The van der Waals surface area contributed by atoms with E-state index in [0.29, 0.717) is 5.84 Å². The number of carbonyl (C=O) groups is 1. The van der Waals surface area contributed by atoms with Gasteiger partial charge in [0.05, 0.1) is 0 Å². The maximum absolute atomic E-state index is 11.6. The van der Waals surface area contributed by atoms with Crippen molar-refractivity contribution in [2.45, 2.75) is 26.7 Å². The van der Waals surface area contributed by atoms with E-state index in [1.54, 1.807) is 12.3 Å². The van der Waals surface area contributed by atoms with Crippen LogP contribution < -0.4 is 5.32 Å². The first-order valence-electron chi connectivity index (χ1n) is 5.08. The molecule has 0 saturated heterocycles. The van der Waals surface area contributed by atoms with Crippen molar-refractivity contribution in [1.29, 1.82) is 0 Å². The largest absolute Gasteiger partial charge is 0.325 e. The summed E-state index contributed by atoms with van der Waals surface area (Å²) in [6, 6.07) is -0.0446. The first-order chi connectivity index (χ1) is 6.77. The molecule has 4 nitrogen and oxygen atoms in total. The lowest BCUT2D eigenvalue weighted by Gasteiger charge is -2.22. The average Bonchev–Trinajstić information content (AvgIpc) is 2.11. The van der Waals surface area contributed by atoms with Gasteiger partial charge in [0.15, 0.2) is 0 Å². The zero-order valence-electron chi connectivity index (χ0n) is 8.79. The molecule has 1 N–H and O–H groups in total. The van der Waals surface area contributed by atoms with Crippen LogP contribution in [0.1, 0.15) is 26.7 Å². The van der Waals surface area contributed by atoms with Crippen LogP contribution in [0.5, 0.6) is 0 Å². The molecule has 78 valence electrons. The molecule has 0 spiro atoms. The number of hydrogen-bond donors (Lipinski definition) is 1. The number of carbonyl (C=O) groups excluding carboxylic acids is 1. The fraction of sp³-hybridized carbons (Fsp3) is 0.600. The maximum Gasteiger partial charge on any atom is 0.323 e. The van der Waals surface area contributed by atoms with E-state index in [1.807, 2.05) is 4.90 Å². The molecule has 0 bridgehead atoms. The summed E-state index contributed by atoms with van der Waals surface area (Å²) in [5.41, 5.74) is 0. The van der Waals surface area contributed by atoms with Gasteiger partial charge in [-0.05, 0) is 18.9 Å². The van der Waals surface area contributed by atoms with E-state index < -0.39 is 0 Å². The zero-order valence-corrected chi connectivity index (χ0v) is 8.79. The van der Waals surface area contributed by atoms with Crippen LogP contribution in [-0.2, 0) is 0 Å². The van der Waals surface area contributed by atoms with Crippen molar-refractivity contribution in [3.63, 3.8) is 0 Å². The predicted octanol–water partition coefficient (Wildman–Crippen LogP) is 1.74. The van der Waals surface area contributed by atoms with Crippen molar-refractivity contribution >= 4 is 11.9 Å². The Kier molecular flexibility index (Phi) is 4.16. The Morgan fingerprint density at radius 1 is 1.43 bits per heavy atom. The van der Waals surface area contributed by atoms with Crippen LogP contribution in [-0.4, -0.2) is 29.9 Å². The summed E-state index contributed by atoms with van der Waals surface area (Å²) in [6.07, 6.45) is 5.42. The van der Waals surface area contributed by atoms with Gasteiger partial charge in [-0.1, -0.05) is 13.8 Å². The van der Waals surface area contributed by atoms with Crippen LogP contribution in [0.4, 0.5) is 4.79 Å². The van der Waals surface area contributed by atoms with Crippen LogP contribution >= 0.6 is 0 Å². The molecule has 0 fully saturated rings. The van der Waals surface area contributed by atoms with E-state index in [-0.39, 0.29) is 6.03 Å². The smallest absolute Gasteiger partial charge is 0.323 e. The van der Waals surface area contributed by atoms with Crippen LogP contribution in [0.15, 0.2) is 17.3 Å². The van der Waals surface area contributed by atoms with Crippen LogP contribution in [0, 0.1) is 0 Å². The number of urea groups is 1. The highest BCUT2D eigenvalue weighted by molar-refractivity contribution is 6.06. The summed E-state index contributed by atoms with van der Waals surface area (Å²) in [6.45, 7) is 5.74. The minimum Gasteiger partial charge on any atom is -0.325 e. The summed E-state index contributed by atoms with van der Waals surface area (Å²) in [4.78, 5) is 17.3. The van der Waals surface area contributed by atoms with Crippen molar-refractivity contribution in [3.8, 4) is 0 Å². The number of hydrogen-bond acceptors (Lipinski definition) is 2. The lowest BCUT2D eigenvalue weighted by atomic mass is 10.3. The van der Waals surface area contributed by atoms with E-state index in [1.165, 1.54) is 0 Å². The van der Waals surface area contributed by atoms with Gasteiger partial charge in [0.2, 0.25) is 0 Å². The fourth-order valence-electron chi connectivity index (χ4n) is 1.27. The Bertz CT molecular complexity index is 252. The maximum atomic E-state index is 11.6. The molecule has 14 heavy (non-hydrogen) atoms. The van der Waals surface area contributed by atoms with Gasteiger partial charge < -0.3 is 4.90 Å². The molecule has 0 saturated carbocycles. The normalized spacial score (nSPS) is 13.1. The molecule has 0 aliphatic carbocycles. The summed E-state index contributed by atoms with van der Waals surface area (Å²) in [5, 5.41) is 2.74. The SMILES string of the molecule is CCCN(CCC)C(=O)NC1=NC=C1. The molecule has 1 aliphatic rings. The van der Waals surface area contributed by atoms with Gasteiger partial charge in [-0.2, -0.15) is 0 Å². The molecule has 1 aliphatic heterocycles. The van der Waals surface area contributed by atoms with E-state index in [0.717, 1.165) is 25.9 Å². The summed E-state index contributed by atoms with van der Waals surface area (Å²) in [5.74, 6) is 0.659. The summed E-state index contributed by atoms with van der Waals surface area (Å²) in [7, 11) is 0. The Hall–Kier alpha value is -1.32. The highest BCUT2D eigenvalue weighted by Gasteiger charge is 2.13. The molecule has 0 radical (unpaired) electrons. The van der Waals surface area contributed by atoms with Gasteiger partial charge in [-0.3, -0.25) is 5.32 Å². The Morgan fingerprint density at radius 3 is 2.36 bits per heavy atom. The molecule has 1 rings (SSSR count). The monoisotopic (exact) mass is 195 g/mol. The first kappa shape index (κ1) is 10.8. The second-order valence-corrected chi connectivity index (χ2v) is 3.25. The Labute approximate surface area is 84.7 Å². The number of nitrogens with zero attached hydrogens (tertiary/aromatic N) is 2. The molecule has 2 amide bonds. The summed E-state index contributed by atoms with van der Waals surface area (Å²) >= 11 is 0. The van der Waals surface area contributed by atoms with Crippen molar-refractivity contribution < 1.29 is 4.79 Å². The Balaban J connectivity index is 2.36. The third kappa shape index (κ3) is 2.87. The van der Waals surface area contributed by atoms with E-state index in [2.05, 4.69) is 24.2 Å². The second-order valence-electron chi connectivity index (χ2n) is 3.25. The Morgan fingerprint density at radius 2 is 2.00 bits per heavy atom. The molecule has 4 heteroatoms.